The zero-order valence-electron chi connectivity index (χ0n) is 12.6. The van der Waals surface area contributed by atoms with Gasteiger partial charge < -0.3 is 25.0 Å². The van der Waals surface area contributed by atoms with E-state index < -0.39 is 0 Å². The second-order valence-corrected chi connectivity index (χ2v) is 4.59. The molecule has 0 aromatic carbocycles. The van der Waals surface area contributed by atoms with Gasteiger partial charge in [0.25, 0.3) is 0 Å². The number of carbonyl (C=O) groups is 2. The summed E-state index contributed by atoms with van der Waals surface area (Å²) in [5.41, 5.74) is 0. The number of rotatable bonds is 9. The molecule has 0 bridgehead atoms. The van der Waals surface area contributed by atoms with Gasteiger partial charge in [-0.15, -0.1) is 12.4 Å². The van der Waals surface area contributed by atoms with Gasteiger partial charge in [-0.25, -0.2) is 0 Å². The molecule has 0 spiro atoms. The summed E-state index contributed by atoms with van der Waals surface area (Å²) in [4.78, 5) is 25.1. The first-order valence-corrected chi connectivity index (χ1v) is 7.06. The Morgan fingerprint density at radius 1 is 1.14 bits per heavy atom. The number of methoxy groups -OCH3 is 1. The first kappa shape index (κ1) is 20.1. The van der Waals surface area contributed by atoms with Crippen LogP contribution in [0.3, 0.4) is 0 Å². The number of hydrogen-bond donors (Lipinski definition) is 2. The van der Waals surface area contributed by atoms with E-state index in [0.29, 0.717) is 46.0 Å². The molecule has 1 fully saturated rings. The number of nitrogens with one attached hydrogen (secondary N) is 2. The number of amides is 2. The highest BCUT2D eigenvalue weighted by Crippen LogP contribution is 2.02. The molecule has 0 atom stereocenters. The van der Waals surface area contributed by atoms with Gasteiger partial charge >= 0.3 is 0 Å². The maximum Gasteiger partial charge on any atom is 0.223 e. The van der Waals surface area contributed by atoms with Crippen molar-refractivity contribution in [3.05, 3.63) is 0 Å². The molecule has 0 aliphatic carbocycles. The molecule has 2 N–H and O–H groups in total. The Morgan fingerprint density at radius 2 is 1.86 bits per heavy atom. The third-order valence-electron chi connectivity index (χ3n) is 3.04. The topological polar surface area (TPSA) is 79.9 Å². The second kappa shape index (κ2) is 12.8. The van der Waals surface area contributed by atoms with Crippen molar-refractivity contribution < 1.29 is 19.1 Å². The minimum atomic E-state index is -0.0832. The summed E-state index contributed by atoms with van der Waals surface area (Å²) in [6.07, 6.45) is 0.511. The van der Waals surface area contributed by atoms with E-state index in [9.17, 15) is 9.59 Å². The molecule has 1 aliphatic rings. The van der Waals surface area contributed by atoms with E-state index in [2.05, 4.69) is 10.6 Å². The number of halogens is 1. The van der Waals surface area contributed by atoms with Crippen LogP contribution in [0.4, 0.5) is 0 Å². The molecule has 0 aromatic heterocycles. The Hall–Kier alpha value is -0.890. The Balaban J connectivity index is 0.00000400. The summed E-state index contributed by atoms with van der Waals surface area (Å²) in [7, 11) is 1.65. The zero-order valence-corrected chi connectivity index (χ0v) is 13.4. The van der Waals surface area contributed by atoms with Crippen molar-refractivity contribution in [1.82, 2.24) is 15.5 Å². The lowest BCUT2D eigenvalue weighted by Crippen LogP contribution is -2.41. The van der Waals surface area contributed by atoms with Crippen LogP contribution in [0.1, 0.15) is 12.8 Å². The molecule has 8 heteroatoms. The van der Waals surface area contributed by atoms with Gasteiger partial charge in [-0.05, 0) is 0 Å². The summed E-state index contributed by atoms with van der Waals surface area (Å²) in [5, 5.41) is 5.91. The SMILES string of the molecule is COCCNCCNC(=O)CCC(=O)N1CCOCC1.Cl. The van der Waals surface area contributed by atoms with Crippen LogP contribution < -0.4 is 10.6 Å². The largest absolute Gasteiger partial charge is 0.383 e. The fourth-order valence-electron chi connectivity index (χ4n) is 1.87. The van der Waals surface area contributed by atoms with Crippen LogP contribution in [-0.2, 0) is 19.1 Å². The number of hydrogen-bond acceptors (Lipinski definition) is 5. The Bertz CT molecular complexity index is 299. The molecule has 0 saturated carbocycles. The van der Waals surface area contributed by atoms with Gasteiger partial charge in [-0.2, -0.15) is 0 Å². The summed E-state index contributed by atoms with van der Waals surface area (Å²) in [5.74, 6) is -0.0539. The van der Waals surface area contributed by atoms with Gasteiger partial charge in [0.2, 0.25) is 11.8 Å². The summed E-state index contributed by atoms with van der Waals surface area (Å²) < 4.78 is 10.1. The van der Waals surface area contributed by atoms with Crippen LogP contribution in [-0.4, -0.2) is 76.4 Å². The maximum atomic E-state index is 11.8. The van der Waals surface area contributed by atoms with Gasteiger partial charge in [0.15, 0.2) is 0 Å². The predicted molar refractivity (Wildman–Crippen MR) is 81.6 cm³/mol. The fourth-order valence-corrected chi connectivity index (χ4v) is 1.87. The fraction of sp³-hybridized carbons (Fsp3) is 0.846. The maximum absolute atomic E-state index is 11.8. The van der Waals surface area contributed by atoms with Crippen LogP contribution in [0.15, 0.2) is 0 Å². The van der Waals surface area contributed by atoms with E-state index >= 15 is 0 Å². The van der Waals surface area contributed by atoms with Crippen molar-refractivity contribution >= 4 is 24.2 Å². The molecule has 1 saturated heterocycles. The van der Waals surface area contributed by atoms with Crippen LogP contribution in [0.2, 0.25) is 0 Å². The van der Waals surface area contributed by atoms with E-state index in [1.54, 1.807) is 12.0 Å². The molecule has 21 heavy (non-hydrogen) atoms. The van der Waals surface area contributed by atoms with Crippen molar-refractivity contribution in [2.24, 2.45) is 0 Å². The quantitative estimate of drug-likeness (QED) is 0.554. The average molecular weight is 324 g/mol. The van der Waals surface area contributed by atoms with Crippen molar-refractivity contribution in [1.29, 1.82) is 0 Å². The Kier molecular flexibility index (Phi) is 12.3. The minimum Gasteiger partial charge on any atom is -0.383 e. The summed E-state index contributed by atoms with van der Waals surface area (Å²) in [6, 6.07) is 0. The normalized spacial score (nSPS) is 14.4. The molecule has 0 aromatic rings. The molecule has 1 rings (SSSR count). The second-order valence-electron chi connectivity index (χ2n) is 4.59. The van der Waals surface area contributed by atoms with Gasteiger partial charge in [-0.1, -0.05) is 0 Å². The van der Waals surface area contributed by atoms with Gasteiger partial charge in [-0.3, -0.25) is 9.59 Å². The van der Waals surface area contributed by atoms with Crippen LogP contribution in [0.25, 0.3) is 0 Å². The summed E-state index contributed by atoms with van der Waals surface area (Å²) in [6.45, 7) is 5.12. The van der Waals surface area contributed by atoms with Gasteiger partial charge in [0.05, 0.1) is 19.8 Å². The van der Waals surface area contributed by atoms with E-state index in [1.807, 2.05) is 0 Å². The van der Waals surface area contributed by atoms with E-state index in [-0.39, 0.29) is 37.1 Å². The lowest BCUT2D eigenvalue weighted by Gasteiger charge is -2.26. The molecular formula is C13H26ClN3O4. The lowest BCUT2D eigenvalue weighted by molar-refractivity contribution is -0.137. The highest BCUT2D eigenvalue weighted by atomic mass is 35.5. The van der Waals surface area contributed by atoms with Crippen molar-refractivity contribution in [3.63, 3.8) is 0 Å². The van der Waals surface area contributed by atoms with Crippen LogP contribution in [0, 0.1) is 0 Å². The Morgan fingerprint density at radius 3 is 2.52 bits per heavy atom. The molecular weight excluding hydrogens is 298 g/mol. The highest BCUT2D eigenvalue weighted by Gasteiger charge is 2.17. The molecule has 1 heterocycles. The molecule has 7 nitrogen and oxygen atoms in total. The first-order valence-electron chi connectivity index (χ1n) is 7.06. The predicted octanol–water partition coefficient (Wildman–Crippen LogP) is -0.601. The third kappa shape index (κ3) is 9.62. The molecule has 124 valence electrons. The smallest absolute Gasteiger partial charge is 0.223 e. The molecule has 0 unspecified atom stereocenters. The lowest BCUT2D eigenvalue weighted by atomic mass is 10.2. The number of morpholine rings is 1. The molecule has 1 aliphatic heterocycles. The van der Waals surface area contributed by atoms with Crippen LogP contribution >= 0.6 is 12.4 Å². The van der Waals surface area contributed by atoms with Crippen molar-refractivity contribution in [2.75, 3.05) is 59.7 Å². The highest BCUT2D eigenvalue weighted by molar-refractivity contribution is 5.85. The van der Waals surface area contributed by atoms with E-state index in [0.717, 1.165) is 6.54 Å². The van der Waals surface area contributed by atoms with Gasteiger partial charge in [0.1, 0.15) is 0 Å². The number of nitrogens with zero attached hydrogens (tertiary/aromatic N) is 1. The average Bonchev–Trinajstić information content (AvgIpc) is 2.49. The summed E-state index contributed by atoms with van der Waals surface area (Å²) >= 11 is 0. The monoisotopic (exact) mass is 323 g/mol. The third-order valence-corrected chi connectivity index (χ3v) is 3.04. The zero-order chi connectivity index (χ0) is 14.6. The minimum absolute atomic E-state index is 0. The van der Waals surface area contributed by atoms with Crippen molar-refractivity contribution in [2.45, 2.75) is 12.8 Å². The first-order chi connectivity index (χ1) is 9.74. The standard InChI is InChI=1S/C13H25N3O4.ClH/c1-19-9-6-14-4-5-15-12(17)2-3-13(18)16-7-10-20-11-8-16;/h14H,2-11H2,1H3,(H,15,17);1H. The Labute approximate surface area is 132 Å². The van der Waals surface area contributed by atoms with Crippen LogP contribution in [0.5, 0.6) is 0 Å². The van der Waals surface area contributed by atoms with E-state index in [1.165, 1.54) is 0 Å². The van der Waals surface area contributed by atoms with Gasteiger partial charge in [0, 0.05) is 52.7 Å². The van der Waals surface area contributed by atoms with E-state index in [4.69, 9.17) is 9.47 Å². The number of carbonyl (C=O) groups excluding carboxylic acids is 2. The molecule has 2 amide bonds. The molecule has 0 radical (unpaired) electrons. The van der Waals surface area contributed by atoms with Crippen molar-refractivity contribution in [3.8, 4) is 0 Å². The number of ether oxygens (including phenoxy) is 2.